The normalized spacial score (nSPS) is 12.0. The average Bonchev–Trinajstić information content (AvgIpc) is 2.23. The van der Waals surface area contributed by atoms with E-state index in [1.165, 1.54) is 6.92 Å². The summed E-state index contributed by atoms with van der Waals surface area (Å²) in [5.74, 6) is -0.220. The van der Waals surface area contributed by atoms with Crippen LogP contribution >= 0.6 is 0 Å². The Balaban J connectivity index is 4.50. The maximum atomic E-state index is 11.0. The lowest BCUT2D eigenvalue weighted by Gasteiger charge is -2.25. The van der Waals surface area contributed by atoms with E-state index in [-0.39, 0.29) is 12.5 Å². The monoisotopic (exact) mass is 230 g/mol. The van der Waals surface area contributed by atoms with Gasteiger partial charge < -0.3 is 14.8 Å². The van der Waals surface area contributed by atoms with Crippen LogP contribution in [0.1, 0.15) is 20.8 Å². The van der Waals surface area contributed by atoms with Gasteiger partial charge in [0, 0.05) is 25.0 Å². The summed E-state index contributed by atoms with van der Waals surface area (Å²) in [6.07, 6.45) is -0.593. The van der Waals surface area contributed by atoms with Crippen LogP contribution in [0, 0.1) is 0 Å². The third kappa shape index (κ3) is 6.23. The molecule has 0 aromatic rings. The molecule has 0 aromatic heterocycles. The number of nitrogens with zero attached hydrogens (tertiary/aromatic N) is 3. The van der Waals surface area contributed by atoms with Crippen LogP contribution in [0.25, 0.3) is 10.4 Å². The van der Waals surface area contributed by atoms with Crippen LogP contribution in [-0.4, -0.2) is 38.0 Å². The number of hydrogen-bond acceptors (Lipinski definition) is 4. The second-order valence-corrected chi connectivity index (χ2v) is 3.00. The van der Waals surface area contributed by atoms with E-state index in [1.807, 2.05) is 13.8 Å². The number of rotatable bonds is 8. The van der Waals surface area contributed by atoms with Gasteiger partial charge in [0.05, 0.1) is 12.6 Å². The first-order valence-electron chi connectivity index (χ1n) is 5.16. The molecule has 16 heavy (non-hydrogen) atoms. The lowest BCUT2D eigenvalue weighted by Crippen LogP contribution is -2.47. The van der Waals surface area contributed by atoms with Gasteiger partial charge in [0.2, 0.25) is 5.91 Å². The van der Waals surface area contributed by atoms with Gasteiger partial charge in [-0.05, 0) is 19.4 Å². The van der Waals surface area contributed by atoms with Crippen LogP contribution < -0.4 is 5.32 Å². The third-order valence-electron chi connectivity index (χ3n) is 1.72. The van der Waals surface area contributed by atoms with Gasteiger partial charge >= 0.3 is 0 Å². The summed E-state index contributed by atoms with van der Waals surface area (Å²) >= 11 is 0. The van der Waals surface area contributed by atoms with Crippen molar-refractivity contribution in [3.05, 3.63) is 10.4 Å². The van der Waals surface area contributed by atoms with Crippen molar-refractivity contribution in [3.8, 4) is 0 Å². The van der Waals surface area contributed by atoms with Crippen LogP contribution in [0.4, 0.5) is 0 Å². The molecule has 0 aliphatic heterocycles. The first kappa shape index (κ1) is 14.7. The van der Waals surface area contributed by atoms with E-state index in [0.717, 1.165) is 0 Å². The number of ether oxygens (including phenoxy) is 2. The Bertz CT molecular complexity index is 243. The molecule has 0 aromatic carbocycles. The fourth-order valence-electron chi connectivity index (χ4n) is 1.19. The van der Waals surface area contributed by atoms with Crippen LogP contribution in [0.15, 0.2) is 5.11 Å². The van der Waals surface area contributed by atoms with Crippen molar-refractivity contribution >= 4 is 5.91 Å². The maximum Gasteiger partial charge on any atom is 0.217 e. The highest BCUT2D eigenvalue weighted by Crippen LogP contribution is 2.03. The first-order chi connectivity index (χ1) is 7.65. The molecule has 0 radical (unpaired) electrons. The minimum Gasteiger partial charge on any atom is -0.351 e. The molecular weight excluding hydrogens is 212 g/mol. The predicted molar refractivity (Wildman–Crippen MR) is 58.7 cm³/mol. The van der Waals surface area contributed by atoms with Gasteiger partial charge in [0.15, 0.2) is 6.29 Å². The summed E-state index contributed by atoms with van der Waals surface area (Å²) in [5.41, 5.74) is 8.25. The maximum absolute atomic E-state index is 11.0. The van der Waals surface area contributed by atoms with E-state index in [0.29, 0.717) is 13.2 Å². The highest BCUT2D eigenvalue weighted by Gasteiger charge is 2.22. The zero-order valence-electron chi connectivity index (χ0n) is 9.84. The molecule has 1 unspecified atom stereocenters. The largest absolute Gasteiger partial charge is 0.351 e. The molecule has 0 saturated carbocycles. The second kappa shape index (κ2) is 8.96. The Morgan fingerprint density at radius 3 is 2.38 bits per heavy atom. The van der Waals surface area contributed by atoms with Crippen molar-refractivity contribution in [1.29, 1.82) is 0 Å². The average molecular weight is 230 g/mol. The van der Waals surface area contributed by atoms with Crippen LogP contribution in [-0.2, 0) is 14.3 Å². The molecule has 0 aliphatic carbocycles. The number of hydrogen-bond donors (Lipinski definition) is 1. The van der Waals surface area contributed by atoms with Gasteiger partial charge in [0.1, 0.15) is 0 Å². The minimum atomic E-state index is -0.593. The summed E-state index contributed by atoms with van der Waals surface area (Å²) in [6.45, 7) is 6.04. The smallest absolute Gasteiger partial charge is 0.217 e. The third-order valence-corrected chi connectivity index (χ3v) is 1.72. The molecule has 0 spiro atoms. The molecule has 0 fully saturated rings. The molecule has 1 atom stereocenters. The number of azide groups is 1. The van der Waals surface area contributed by atoms with E-state index in [1.54, 1.807) is 0 Å². The molecular formula is C9H18N4O3. The molecule has 7 nitrogen and oxygen atoms in total. The molecule has 0 saturated heterocycles. The van der Waals surface area contributed by atoms with E-state index in [2.05, 4.69) is 15.3 Å². The summed E-state index contributed by atoms with van der Waals surface area (Å²) in [7, 11) is 0. The van der Waals surface area contributed by atoms with Crippen molar-refractivity contribution in [1.82, 2.24) is 5.32 Å². The Morgan fingerprint density at radius 1 is 1.44 bits per heavy atom. The molecule has 0 bridgehead atoms. The molecule has 92 valence electrons. The van der Waals surface area contributed by atoms with Crippen molar-refractivity contribution < 1.29 is 14.3 Å². The zero-order chi connectivity index (χ0) is 12.4. The number of carbonyl (C=O) groups excluding carboxylic acids is 1. The van der Waals surface area contributed by atoms with Crippen LogP contribution in [0.5, 0.6) is 0 Å². The Morgan fingerprint density at radius 2 is 2.00 bits per heavy atom. The van der Waals surface area contributed by atoms with Crippen molar-refractivity contribution in [2.24, 2.45) is 5.11 Å². The van der Waals surface area contributed by atoms with Crippen molar-refractivity contribution in [3.63, 3.8) is 0 Å². The first-order valence-corrected chi connectivity index (χ1v) is 5.16. The molecule has 1 N–H and O–H groups in total. The molecule has 7 heteroatoms. The fourth-order valence-corrected chi connectivity index (χ4v) is 1.19. The fraction of sp³-hybridized carbons (Fsp3) is 0.889. The van der Waals surface area contributed by atoms with Gasteiger partial charge in [-0.2, -0.15) is 0 Å². The topological polar surface area (TPSA) is 96.3 Å². The van der Waals surface area contributed by atoms with Crippen LogP contribution in [0.3, 0.4) is 0 Å². The summed E-state index contributed by atoms with van der Waals surface area (Å²) in [4.78, 5) is 13.6. The summed E-state index contributed by atoms with van der Waals surface area (Å²) in [5, 5.41) is 6.05. The van der Waals surface area contributed by atoms with E-state index in [9.17, 15) is 4.79 Å². The quantitative estimate of drug-likeness (QED) is 0.293. The van der Waals surface area contributed by atoms with Gasteiger partial charge in [-0.15, -0.1) is 0 Å². The summed E-state index contributed by atoms with van der Waals surface area (Å²) in [6, 6.07) is -0.465. The van der Waals surface area contributed by atoms with Gasteiger partial charge in [-0.1, -0.05) is 5.11 Å². The van der Waals surface area contributed by atoms with Crippen LogP contribution in [0.2, 0.25) is 0 Å². The van der Waals surface area contributed by atoms with Gasteiger partial charge in [-0.3, -0.25) is 4.79 Å². The Kier molecular flexibility index (Phi) is 8.24. The van der Waals surface area contributed by atoms with Gasteiger partial charge in [-0.25, -0.2) is 0 Å². The number of amides is 1. The number of carbonyl (C=O) groups is 1. The molecule has 0 heterocycles. The lowest BCUT2D eigenvalue weighted by molar-refractivity contribution is -0.156. The number of nitrogens with one attached hydrogen (secondary N) is 1. The minimum absolute atomic E-state index is 0.0980. The van der Waals surface area contributed by atoms with E-state index in [4.69, 9.17) is 15.0 Å². The zero-order valence-corrected chi connectivity index (χ0v) is 9.84. The van der Waals surface area contributed by atoms with Crippen molar-refractivity contribution in [2.45, 2.75) is 33.1 Å². The Hall–Kier alpha value is -1.30. The molecule has 1 amide bonds. The summed E-state index contributed by atoms with van der Waals surface area (Å²) < 4.78 is 10.6. The standard InChI is InChI=1S/C9H18N4O3/c1-4-15-9(16-5-2)8(6-11-13-10)12-7(3)14/h8-9H,4-6H2,1-3H3,(H,12,14). The van der Waals surface area contributed by atoms with E-state index < -0.39 is 12.3 Å². The lowest BCUT2D eigenvalue weighted by atomic mass is 10.3. The van der Waals surface area contributed by atoms with E-state index >= 15 is 0 Å². The Labute approximate surface area is 94.7 Å². The van der Waals surface area contributed by atoms with Crippen molar-refractivity contribution in [2.75, 3.05) is 19.8 Å². The molecule has 0 aliphatic rings. The highest BCUT2D eigenvalue weighted by atomic mass is 16.7. The second-order valence-electron chi connectivity index (χ2n) is 3.00. The highest BCUT2D eigenvalue weighted by molar-refractivity contribution is 5.73. The van der Waals surface area contributed by atoms with Gasteiger partial charge in [0.25, 0.3) is 0 Å². The molecule has 0 rings (SSSR count). The SMILES string of the molecule is CCOC(OCC)C(CN=[N+]=[N-])NC(C)=O. The predicted octanol–water partition coefficient (Wildman–Crippen LogP) is 1.20.